The normalized spacial score (nSPS) is 20.9. The smallest absolute Gasteiger partial charge is 0.151 e. The van der Waals surface area contributed by atoms with Crippen LogP contribution < -0.4 is 10.2 Å². The molecule has 17 heavy (non-hydrogen) atoms. The van der Waals surface area contributed by atoms with Gasteiger partial charge in [-0.25, -0.2) is 0 Å². The maximum absolute atomic E-state index is 4.23. The van der Waals surface area contributed by atoms with Crippen molar-refractivity contribution in [3.63, 3.8) is 0 Å². The minimum absolute atomic E-state index is 0.179. The maximum Gasteiger partial charge on any atom is 0.151 e. The summed E-state index contributed by atoms with van der Waals surface area (Å²) in [7, 11) is 0. The summed E-state index contributed by atoms with van der Waals surface area (Å²) in [6.45, 7) is 8.70. The van der Waals surface area contributed by atoms with Crippen molar-refractivity contribution in [3.8, 4) is 0 Å². The number of halogens is 1. The van der Waals surface area contributed by atoms with Gasteiger partial charge in [-0.2, -0.15) is 0 Å². The molecule has 1 fully saturated rings. The Morgan fingerprint density at radius 2 is 2.12 bits per heavy atom. The quantitative estimate of drug-likeness (QED) is 0.833. The van der Waals surface area contributed by atoms with Gasteiger partial charge in [-0.1, -0.05) is 0 Å². The van der Waals surface area contributed by atoms with Crippen molar-refractivity contribution < 1.29 is 0 Å². The van der Waals surface area contributed by atoms with Crippen LogP contribution in [-0.4, -0.2) is 34.9 Å². The van der Waals surface area contributed by atoms with E-state index in [0.29, 0.717) is 6.04 Å². The molecule has 2 rings (SSSR count). The van der Waals surface area contributed by atoms with Crippen LogP contribution in [-0.2, 0) is 0 Å². The highest BCUT2D eigenvalue weighted by Gasteiger charge is 2.26. The highest BCUT2D eigenvalue weighted by molar-refractivity contribution is 14.1. The fourth-order valence-corrected chi connectivity index (χ4v) is 2.46. The zero-order valence-corrected chi connectivity index (χ0v) is 12.7. The first-order valence-corrected chi connectivity index (χ1v) is 7.04. The highest BCUT2D eigenvalue weighted by atomic mass is 127. The molecule has 2 heterocycles. The van der Waals surface area contributed by atoms with Gasteiger partial charge in [0.05, 0.1) is 0 Å². The fraction of sp³-hybridized carbons (Fsp3) is 0.667. The van der Waals surface area contributed by atoms with Crippen LogP contribution in [0.4, 0.5) is 5.82 Å². The Hall–Kier alpha value is -0.430. The molecule has 0 aromatic carbocycles. The largest absolute Gasteiger partial charge is 0.354 e. The third-order valence-corrected chi connectivity index (χ3v) is 3.34. The van der Waals surface area contributed by atoms with Crippen molar-refractivity contribution in [2.75, 3.05) is 18.0 Å². The number of aromatic nitrogens is 2. The summed E-state index contributed by atoms with van der Waals surface area (Å²) in [5.74, 6) is 0.989. The number of anilines is 1. The summed E-state index contributed by atoms with van der Waals surface area (Å²) >= 11 is 2.18. The minimum atomic E-state index is 0.179. The van der Waals surface area contributed by atoms with E-state index in [-0.39, 0.29) is 5.54 Å². The van der Waals surface area contributed by atoms with E-state index in [2.05, 4.69) is 63.8 Å². The Labute approximate surface area is 116 Å². The Balaban J connectivity index is 1.96. The summed E-state index contributed by atoms with van der Waals surface area (Å²) in [4.78, 5) is 2.30. The van der Waals surface area contributed by atoms with Crippen molar-refractivity contribution in [1.82, 2.24) is 15.5 Å². The summed E-state index contributed by atoms with van der Waals surface area (Å²) in [6, 6.07) is 4.61. The molecule has 1 aromatic rings. The van der Waals surface area contributed by atoms with Gasteiger partial charge in [0.2, 0.25) is 0 Å². The minimum Gasteiger partial charge on any atom is -0.354 e. The van der Waals surface area contributed by atoms with E-state index in [1.165, 1.54) is 6.42 Å². The topological polar surface area (TPSA) is 41.0 Å². The predicted octanol–water partition coefficient (Wildman–Crippen LogP) is 2.05. The third-order valence-electron chi connectivity index (χ3n) is 2.77. The monoisotopic (exact) mass is 346 g/mol. The molecule has 1 aliphatic rings. The van der Waals surface area contributed by atoms with E-state index < -0.39 is 0 Å². The van der Waals surface area contributed by atoms with Gasteiger partial charge in [-0.05, 0) is 61.9 Å². The lowest BCUT2D eigenvalue weighted by Gasteiger charge is -2.26. The van der Waals surface area contributed by atoms with Gasteiger partial charge >= 0.3 is 0 Å². The lowest BCUT2D eigenvalue weighted by Crippen LogP contribution is -2.45. The average Bonchev–Trinajstić information content (AvgIpc) is 2.64. The SMILES string of the molecule is CC(C)(C)N[C@@H]1CCN(c2ccc(I)nn2)C1. The van der Waals surface area contributed by atoms with Crippen LogP contribution >= 0.6 is 22.6 Å². The van der Waals surface area contributed by atoms with Crippen molar-refractivity contribution >= 4 is 28.4 Å². The van der Waals surface area contributed by atoms with Crippen molar-refractivity contribution in [1.29, 1.82) is 0 Å². The van der Waals surface area contributed by atoms with Gasteiger partial charge in [-0.3, -0.25) is 0 Å². The van der Waals surface area contributed by atoms with Gasteiger partial charge in [-0.15, -0.1) is 10.2 Å². The van der Waals surface area contributed by atoms with Gasteiger partial charge in [0.25, 0.3) is 0 Å². The van der Waals surface area contributed by atoms with Crippen LogP contribution in [0.3, 0.4) is 0 Å². The van der Waals surface area contributed by atoms with Gasteiger partial charge in [0, 0.05) is 24.7 Å². The molecule has 5 heteroatoms. The first-order valence-electron chi connectivity index (χ1n) is 5.96. The molecule has 94 valence electrons. The maximum atomic E-state index is 4.23. The molecule has 4 nitrogen and oxygen atoms in total. The standard InChI is InChI=1S/C12H19IN4/c1-12(2,3)14-9-6-7-17(8-9)11-5-4-10(13)15-16-11/h4-5,9,14H,6-8H2,1-3H3/t9-/m1/s1. The van der Waals surface area contributed by atoms with Crippen molar-refractivity contribution in [3.05, 3.63) is 15.8 Å². The number of nitrogens with zero attached hydrogens (tertiary/aromatic N) is 3. The predicted molar refractivity (Wildman–Crippen MR) is 78.3 cm³/mol. The molecule has 1 atom stereocenters. The van der Waals surface area contributed by atoms with Crippen molar-refractivity contribution in [2.45, 2.75) is 38.8 Å². The van der Waals surface area contributed by atoms with Gasteiger partial charge in [0.1, 0.15) is 3.70 Å². The zero-order valence-electron chi connectivity index (χ0n) is 10.6. The Kier molecular flexibility index (Phi) is 3.87. The second-order valence-electron chi connectivity index (χ2n) is 5.54. The Morgan fingerprint density at radius 1 is 1.35 bits per heavy atom. The Morgan fingerprint density at radius 3 is 2.71 bits per heavy atom. The van der Waals surface area contributed by atoms with Crippen LogP contribution in [0.15, 0.2) is 12.1 Å². The molecule has 1 N–H and O–H groups in total. The summed E-state index contributed by atoms with van der Waals surface area (Å²) < 4.78 is 0.940. The fourth-order valence-electron chi connectivity index (χ4n) is 2.18. The molecule has 1 aromatic heterocycles. The van der Waals surface area contributed by atoms with E-state index in [1.54, 1.807) is 0 Å². The molecular weight excluding hydrogens is 327 g/mol. The van der Waals surface area contributed by atoms with Crippen LogP contribution in [0.2, 0.25) is 0 Å². The summed E-state index contributed by atoms with van der Waals surface area (Å²) in [6.07, 6.45) is 1.17. The summed E-state index contributed by atoms with van der Waals surface area (Å²) in [5, 5.41) is 12.0. The lowest BCUT2D eigenvalue weighted by molar-refractivity contribution is 0.373. The van der Waals surface area contributed by atoms with Crippen molar-refractivity contribution in [2.24, 2.45) is 0 Å². The molecule has 0 aliphatic carbocycles. The molecule has 0 saturated carbocycles. The highest BCUT2D eigenvalue weighted by Crippen LogP contribution is 2.19. The number of rotatable bonds is 2. The molecule has 0 radical (unpaired) electrons. The van der Waals surface area contributed by atoms with E-state index >= 15 is 0 Å². The molecule has 1 aliphatic heterocycles. The lowest BCUT2D eigenvalue weighted by atomic mass is 10.1. The first kappa shape index (κ1) is 13.0. The number of nitrogens with one attached hydrogen (secondary N) is 1. The molecule has 0 spiro atoms. The average molecular weight is 346 g/mol. The van der Waals surface area contributed by atoms with E-state index in [9.17, 15) is 0 Å². The van der Waals surface area contributed by atoms with Gasteiger partial charge in [0.15, 0.2) is 5.82 Å². The third kappa shape index (κ3) is 3.77. The second-order valence-corrected chi connectivity index (χ2v) is 6.65. The number of hydrogen-bond donors (Lipinski definition) is 1. The van der Waals surface area contributed by atoms with Crippen LogP contribution in [0.1, 0.15) is 27.2 Å². The van der Waals surface area contributed by atoms with Crippen LogP contribution in [0.25, 0.3) is 0 Å². The second kappa shape index (κ2) is 5.06. The van der Waals surface area contributed by atoms with E-state index in [0.717, 1.165) is 22.6 Å². The molecule has 0 unspecified atom stereocenters. The molecule has 1 saturated heterocycles. The van der Waals surface area contributed by atoms with E-state index in [1.807, 2.05) is 12.1 Å². The number of hydrogen-bond acceptors (Lipinski definition) is 4. The molecule has 0 bridgehead atoms. The van der Waals surface area contributed by atoms with Gasteiger partial charge < -0.3 is 10.2 Å². The Bertz CT molecular complexity index is 371. The zero-order chi connectivity index (χ0) is 12.5. The molecule has 0 amide bonds. The van der Waals surface area contributed by atoms with Crippen LogP contribution in [0.5, 0.6) is 0 Å². The summed E-state index contributed by atoms with van der Waals surface area (Å²) in [5.41, 5.74) is 0.179. The first-order chi connectivity index (χ1) is 7.94. The molecular formula is C12H19IN4. The van der Waals surface area contributed by atoms with E-state index in [4.69, 9.17) is 0 Å². The van der Waals surface area contributed by atoms with Crippen LogP contribution in [0, 0.1) is 3.70 Å².